The van der Waals surface area contributed by atoms with Gasteiger partial charge in [0.15, 0.2) is 0 Å². The summed E-state index contributed by atoms with van der Waals surface area (Å²) in [6, 6.07) is 5.90. The van der Waals surface area contributed by atoms with Crippen molar-refractivity contribution in [3.8, 4) is 0 Å². The van der Waals surface area contributed by atoms with Crippen molar-refractivity contribution in [1.82, 2.24) is 4.90 Å². The maximum Gasteiger partial charge on any atom is 0.309 e. The van der Waals surface area contributed by atoms with Crippen molar-refractivity contribution in [1.29, 1.82) is 0 Å². The number of halogens is 1. The average Bonchev–Trinajstić information content (AvgIpc) is 2.68. The molecule has 1 aromatic carbocycles. The zero-order valence-corrected chi connectivity index (χ0v) is 17.0. The number of amides is 2. The summed E-state index contributed by atoms with van der Waals surface area (Å²) in [6.07, 6.45) is 1.21. The predicted molar refractivity (Wildman–Crippen MR) is 107 cm³/mol. The lowest BCUT2D eigenvalue weighted by molar-refractivity contribution is -0.149. The highest BCUT2D eigenvalue weighted by molar-refractivity contribution is 5.97. The van der Waals surface area contributed by atoms with Crippen molar-refractivity contribution < 1.29 is 23.9 Å². The molecular formula is C19H28ClN3O5. The van der Waals surface area contributed by atoms with Gasteiger partial charge in [0, 0.05) is 31.5 Å². The van der Waals surface area contributed by atoms with Crippen molar-refractivity contribution in [2.24, 2.45) is 11.7 Å². The van der Waals surface area contributed by atoms with Crippen molar-refractivity contribution in [2.45, 2.75) is 25.8 Å². The first-order chi connectivity index (χ1) is 13.0. The number of methoxy groups -OCH3 is 1. The molecule has 2 rings (SSSR count). The molecule has 28 heavy (non-hydrogen) atoms. The molecule has 0 aromatic heterocycles. The van der Waals surface area contributed by atoms with E-state index in [9.17, 15) is 14.4 Å². The number of hydrogen-bond donors (Lipinski definition) is 2. The fourth-order valence-corrected chi connectivity index (χ4v) is 2.95. The first-order valence-electron chi connectivity index (χ1n) is 9.07. The van der Waals surface area contributed by atoms with E-state index in [1.54, 1.807) is 36.1 Å². The first-order valence-corrected chi connectivity index (χ1v) is 9.07. The van der Waals surface area contributed by atoms with Gasteiger partial charge >= 0.3 is 5.97 Å². The van der Waals surface area contributed by atoms with E-state index in [4.69, 9.17) is 15.2 Å². The molecule has 0 radical (unpaired) electrons. The quantitative estimate of drug-likeness (QED) is 0.654. The zero-order chi connectivity index (χ0) is 19.8. The largest absolute Gasteiger partial charge is 0.466 e. The minimum absolute atomic E-state index is 0. The SMILES string of the molecule is CCOC(=O)C1CCN(C(=O)c2ccc(NC(=O)C(N)COC)cc2)CC1.Cl. The van der Waals surface area contributed by atoms with E-state index in [0.29, 0.717) is 43.8 Å². The summed E-state index contributed by atoms with van der Waals surface area (Å²) in [5.74, 6) is -0.762. The van der Waals surface area contributed by atoms with Crippen LogP contribution in [0.4, 0.5) is 5.69 Å². The lowest BCUT2D eigenvalue weighted by Crippen LogP contribution is -2.40. The average molecular weight is 414 g/mol. The number of esters is 1. The van der Waals surface area contributed by atoms with Gasteiger partial charge in [0.05, 0.1) is 19.1 Å². The third kappa shape index (κ3) is 6.47. The fraction of sp³-hybridized carbons (Fsp3) is 0.526. The van der Waals surface area contributed by atoms with E-state index in [1.807, 2.05) is 0 Å². The van der Waals surface area contributed by atoms with Crippen LogP contribution in [0.5, 0.6) is 0 Å². The molecule has 1 aromatic rings. The molecule has 1 aliphatic heterocycles. The summed E-state index contributed by atoms with van der Waals surface area (Å²) in [5.41, 5.74) is 6.76. The normalized spacial score (nSPS) is 15.3. The molecule has 0 spiro atoms. The number of anilines is 1. The molecule has 1 saturated heterocycles. The molecule has 1 fully saturated rings. The monoisotopic (exact) mass is 413 g/mol. The number of piperidine rings is 1. The number of carbonyl (C=O) groups is 3. The zero-order valence-electron chi connectivity index (χ0n) is 16.2. The summed E-state index contributed by atoms with van der Waals surface area (Å²) in [7, 11) is 1.48. The Bertz CT molecular complexity index is 660. The molecule has 8 nitrogen and oxygen atoms in total. The molecule has 0 saturated carbocycles. The maximum absolute atomic E-state index is 12.6. The number of likely N-dealkylation sites (tertiary alicyclic amines) is 1. The lowest BCUT2D eigenvalue weighted by atomic mass is 9.96. The molecule has 0 aliphatic carbocycles. The minimum atomic E-state index is -0.753. The van der Waals surface area contributed by atoms with E-state index >= 15 is 0 Å². The summed E-state index contributed by atoms with van der Waals surface area (Å²) >= 11 is 0. The first kappa shape index (κ1) is 23.9. The van der Waals surface area contributed by atoms with E-state index in [0.717, 1.165) is 0 Å². The molecule has 0 bridgehead atoms. The third-order valence-electron chi connectivity index (χ3n) is 4.48. The predicted octanol–water partition coefficient (Wildman–Crippen LogP) is 1.44. The Morgan fingerprint density at radius 2 is 1.82 bits per heavy atom. The van der Waals surface area contributed by atoms with Crippen LogP contribution in [0.15, 0.2) is 24.3 Å². The Labute approximate surface area is 171 Å². The molecule has 1 aliphatic rings. The van der Waals surface area contributed by atoms with Crippen LogP contribution in [-0.2, 0) is 19.1 Å². The number of nitrogens with two attached hydrogens (primary N) is 1. The molecule has 1 heterocycles. The second-order valence-corrected chi connectivity index (χ2v) is 6.45. The van der Waals surface area contributed by atoms with Crippen LogP contribution in [-0.4, -0.2) is 62.1 Å². The standard InChI is InChI=1S/C19H27N3O5.ClH/c1-3-27-19(25)14-8-10-22(11-9-14)18(24)13-4-6-15(7-5-13)21-17(23)16(20)12-26-2;/h4-7,14,16H,3,8-12,20H2,1-2H3,(H,21,23);1H. The highest BCUT2D eigenvalue weighted by Crippen LogP contribution is 2.21. The van der Waals surface area contributed by atoms with Gasteiger partial charge in [-0.1, -0.05) is 0 Å². The van der Waals surface area contributed by atoms with Gasteiger partial charge in [0.25, 0.3) is 5.91 Å². The third-order valence-corrected chi connectivity index (χ3v) is 4.48. The molecule has 1 unspecified atom stereocenters. The van der Waals surface area contributed by atoms with Gasteiger partial charge < -0.3 is 25.4 Å². The maximum atomic E-state index is 12.6. The topological polar surface area (TPSA) is 111 Å². The summed E-state index contributed by atoms with van der Waals surface area (Å²) in [6.45, 7) is 3.33. The molecule has 9 heteroatoms. The van der Waals surface area contributed by atoms with Gasteiger partial charge in [-0.3, -0.25) is 14.4 Å². The Morgan fingerprint density at radius 3 is 2.36 bits per heavy atom. The van der Waals surface area contributed by atoms with Gasteiger partial charge in [0.2, 0.25) is 5.91 Å². The van der Waals surface area contributed by atoms with Crippen LogP contribution < -0.4 is 11.1 Å². The minimum Gasteiger partial charge on any atom is -0.466 e. The summed E-state index contributed by atoms with van der Waals surface area (Å²) in [5, 5.41) is 2.68. The second-order valence-electron chi connectivity index (χ2n) is 6.45. The Balaban J connectivity index is 0.00000392. The van der Waals surface area contributed by atoms with E-state index in [-0.39, 0.29) is 42.7 Å². The smallest absolute Gasteiger partial charge is 0.309 e. The molecular weight excluding hydrogens is 386 g/mol. The van der Waals surface area contributed by atoms with Crippen molar-refractivity contribution in [3.05, 3.63) is 29.8 Å². The van der Waals surface area contributed by atoms with Crippen LogP contribution in [0.1, 0.15) is 30.1 Å². The lowest BCUT2D eigenvalue weighted by Gasteiger charge is -2.31. The van der Waals surface area contributed by atoms with Crippen LogP contribution in [0.3, 0.4) is 0 Å². The van der Waals surface area contributed by atoms with E-state index in [1.165, 1.54) is 7.11 Å². The molecule has 3 N–H and O–H groups in total. The van der Waals surface area contributed by atoms with Crippen LogP contribution >= 0.6 is 12.4 Å². The van der Waals surface area contributed by atoms with Gasteiger partial charge in [-0.2, -0.15) is 0 Å². The molecule has 2 amide bonds. The number of rotatable bonds is 7. The van der Waals surface area contributed by atoms with Crippen LogP contribution in [0.2, 0.25) is 0 Å². The fourth-order valence-electron chi connectivity index (χ4n) is 2.95. The number of ether oxygens (including phenoxy) is 2. The van der Waals surface area contributed by atoms with Crippen molar-refractivity contribution in [2.75, 3.05) is 38.7 Å². The van der Waals surface area contributed by atoms with Crippen LogP contribution in [0.25, 0.3) is 0 Å². The number of hydrogen-bond acceptors (Lipinski definition) is 6. The summed E-state index contributed by atoms with van der Waals surface area (Å²) < 4.78 is 9.90. The number of nitrogens with one attached hydrogen (secondary N) is 1. The second kappa shape index (κ2) is 11.6. The highest BCUT2D eigenvalue weighted by atomic mass is 35.5. The van der Waals surface area contributed by atoms with Gasteiger partial charge in [-0.25, -0.2) is 0 Å². The van der Waals surface area contributed by atoms with Gasteiger partial charge in [-0.05, 0) is 44.0 Å². The Morgan fingerprint density at radius 1 is 1.21 bits per heavy atom. The van der Waals surface area contributed by atoms with Crippen molar-refractivity contribution >= 4 is 35.9 Å². The number of benzene rings is 1. The number of nitrogens with zero attached hydrogens (tertiary/aromatic N) is 1. The molecule has 1 atom stereocenters. The summed E-state index contributed by atoms with van der Waals surface area (Å²) in [4.78, 5) is 38.0. The van der Waals surface area contributed by atoms with Crippen molar-refractivity contribution in [3.63, 3.8) is 0 Å². The van der Waals surface area contributed by atoms with Crippen LogP contribution in [0, 0.1) is 5.92 Å². The Kier molecular flexibility index (Phi) is 9.92. The van der Waals surface area contributed by atoms with Gasteiger partial charge in [0.1, 0.15) is 6.04 Å². The van der Waals surface area contributed by atoms with E-state index < -0.39 is 6.04 Å². The van der Waals surface area contributed by atoms with E-state index in [2.05, 4.69) is 5.32 Å². The highest BCUT2D eigenvalue weighted by Gasteiger charge is 2.28. The van der Waals surface area contributed by atoms with Gasteiger partial charge in [-0.15, -0.1) is 12.4 Å². The Hall–Kier alpha value is -2.16. The number of carbonyl (C=O) groups excluding carboxylic acids is 3. The molecule has 156 valence electrons.